The van der Waals surface area contributed by atoms with Crippen LogP contribution in [0.25, 0.3) is 0 Å². The number of hydrogen-bond acceptors (Lipinski definition) is 4. The van der Waals surface area contributed by atoms with E-state index in [4.69, 9.17) is 0 Å². The lowest BCUT2D eigenvalue weighted by Gasteiger charge is -2.11. The average Bonchev–Trinajstić information content (AvgIpc) is 2.81. The third-order valence-electron chi connectivity index (χ3n) is 4.99. The fraction of sp³-hybridized carbons (Fsp3) is 0.115. The fourth-order valence-corrected chi connectivity index (χ4v) is 3.39. The summed E-state index contributed by atoms with van der Waals surface area (Å²) in [7, 11) is 0. The molecule has 33 heavy (non-hydrogen) atoms. The second-order valence-corrected chi connectivity index (χ2v) is 7.58. The first-order valence-electron chi connectivity index (χ1n) is 10.6. The van der Waals surface area contributed by atoms with Crippen molar-refractivity contribution in [3.63, 3.8) is 0 Å². The van der Waals surface area contributed by atoms with Crippen LogP contribution in [-0.2, 0) is 17.8 Å². The van der Waals surface area contributed by atoms with Gasteiger partial charge in [0.25, 0.3) is 5.56 Å². The van der Waals surface area contributed by atoms with Crippen LogP contribution in [-0.4, -0.2) is 15.7 Å². The number of benzene rings is 3. The maximum absolute atomic E-state index is 13.4. The first-order valence-corrected chi connectivity index (χ1v) is 10.6. The van der Waals surface area contributed by atoms with Gasteiger partial charge < -0.3 is 10.6 Å². The number of rotatable bonds is 8. The third kappa shape index (κ3) is 6.36. The number of carbonyl (C=O) groups is 1. The maximum atomic E-state index is 13.4. The number of nitrogens with one attached hydrogen (secondary N) is 2. The van der Waals surface area contributed by atoms with Crippen LogP contribution in [0.15, 0.2) is 95.8 Å². The Kier molecular flexibility index (Phi) is 6.90. The number of anilines is 3. The topological polar surface area (TPSA) is 76.0 Å². The molecule has 4 rings (SSSR count). The molecule has 0 unspecified atom stereocenters. The molecular formula is C26H23FN4O2. The van der Waals surface area contributed by atoms with Crippen LogP contribution in [0.1, 0.15) is 17.5 Å². The van der Waals surface area contributed by atoms with Crippen molar-refractivity contribution in [2.75, 3.05) is 10.6 Å². The van der Waals surface area contributed by atoms with E-state index in [1.54, 1.807) is 18.2 Å². The summed E-state index contributed by atoms with van der Waals surface area (Å²) in [5.74, 6) is -0.0193. The minimum Gasteiger partial charge on any atom is -0.339 e. The molecule has 0 radical (unpaired) electrons. The molecule has 166 valence electrons. The Morgan fingerprint density at radius 3 is 2.42 bits per heavy atom. The highest BCUT2D eigenvalue weighted by Crippen LogP contribution is 2.16. The number of amides is 1. The van der Waals surface area contributed by atoms with Crippen molar-refractivity contribution in [2.45, 2.75) is 19.4 Å². The molecule has 1 heterocycles. The Morgan fingerprint density at radius 1 is 0.848 bits per heavy atom. The second-order valence-electron chi connectivity index (χ2n) is 7.58. The van der Waals surface area contributed by atoms with Gasteiger partial charge in [0.15, 0.2) is 5.82 Å². The van der Waals surface area contributed by atoms with Crippen molar-refractivity contribution in [1.82, 2.24) is 9.78 Å². The molecule has 0 saturated carbocycles. The Morgan fingerprint density at radius 2 is 1.61 bits per heavy atom. The van der Waals surface area contributed by atoms with E-state index in [2.05, 4.69) is 15.7 Å². The molecular weight excluding hydrogens is 419 g/mol. The van der Waals surface area contributed by atoms with Crippen LogP contribution < -0.4 is 16.2 Å². The zero-order chi connectivity index (χ0) is 23.0. The highest BCUT2D eigenvalue weighted by atomic mass is 19.1. The first-order chi connectivity index (χ1) is 16.0. The number of hydrogen-bond donors (Lipinski definition) is 2. The van der Waals surface area contributed by atoms with Crippen LogP contribution in [0, 0.1) is 5.82 Å². The molecule has 0 aliphatic carbocycles. The zero-order valence-corrected chi connectivity index (χ0v) is 17.9. The van der Waals surface area contributed by atoms with E-state index in [-0.39, 0.29) is 23.8 Å². The van der Waals surface area contributed by atoms with Crippen molar-refractivity contribution in [1.29, 1.82) is 0 Å². The Bertz CT molecular complexity index is 1300. The van der Waals surface area contributed by atoms with Gasteiger partial charge in [-0.1, -0.05) is 48.5 Å². The van der Waals surface area contributed by atoms with E-state index in [1.807, 2.05) is 54.6 Å². The van der Waals surface area contributed by atoms with Gasteiger partial charge in [0.1, 0.15) is 5.82 Å². The summed E-state index contributed by atoms with van der Waals surface area (Å²) >= 11 is 0. The van der Waals surface area contributed by atoms with Gasteiger partial charge in [0.2, 0.25) is 5.91 Å². The van der Waals surface area contributed by atoms with Gasteiger partial charge >= 0.3 is 0 Å². The summed E-state index contributed by atoms with van der Waals surface area (Å²) < 4.78 is 14.7. The SMILES string of the molecule is O=C(CCc1ccccc1)Nc1cccc(Cn2nc(Nc3cccc(F)c3)ccc2=O)c1. The van der Waals surface area contributed by atoms with Gasteiger partial charge in [-0.05, 0) is 53.9 Å². The molecule has 3 aromatic carbocycles. The smallest absolute Gasteiger partial charge is 0.267 e. The van der Waals surface area contributed by atoms with Crippen LogP contribution in [0.5, 0.6) is 0 Å². The first kappa shape index (κ1) is 22.0. The van der Waals surface area contributed by atoms with Crippen LogP contribution in [0.3, 0.4) is 0 Å². The van der Waals surface area contributed by atoms with Gasteiger partial charge in [-0.15, -0.1) is 0 Å². The van der Waals surface area contributed by atoms with Crippen molar-refractivity contribution >= 4 is 23.1 Å². The highest BCUT2D eigenvalue weighted by molar-refractivity contribution is 5.90. The molecule has 4 aromatic rings. The third-order valence-corrected chi connectivity index (χ3v) is 4.99. The van der Waals surface area contributed by atoms with Gasteiger partial charge in [-0.2, -0.15) is 5.10 Å². The van der Waals surface area contributed by atoms with E-state index in [0.29, 0.717) is 30.0 Å². The lowest BCUT2D eigenvalue weighted by atomic mass is 10.1. The molecule has 0 fully saturated rings. The quantitative estimate of drug-likeness (QED) is 0.413. The van der Waals surface area contributed by atoms with Crippen molar-refractivity contribution in [3.05, 3.63) is 118 Å². The molecule has 1 aromatic heterocycles. The van der Waals surface area contributed by atoms with Crippen LogP contribution in [0.2, 0.25) is 0 Å². The number of halogens is 1. The summed E-state index contributed by atoms with van der Waals surface area (Å²) in [6, 6.07) is 26.1. The number of carbonyl (C=O) groups excluding carboxylic acids is 1. The Labute approximate surface area is 190 Å². The van der Waals surface area contributed by atoms with E-state index in [9.17, 15) is 14.0 Å². The second kappa shape index (κ2) is 10.4. The minimum atomic E-state index is -0.365. The van der Waals surface area contributed by atoms with Crippen LogP contribution >= 0.6 is 0 Å². The molecule has 6 nitrogen and oxygen atoms in total. The van der Waals surface area contributed by atoms with Gasteiger partial charge in [-0.25, -0.2) is 9.07 Å². The van der Waals surface area contributed by atoms with E-state index >= 15 is 0 Å². The van der Waals surface area contributed by atoms with Crippen molar-refractivity contribution in [3.8, 4) is 0 Å². The summed E-state index contributed by atoms with van der Waals surface area (Å²) in [4.78, 5) is 24.6. The van der Waals surface area contributed by atoms with Gasteiger partial charge in [0, 0.05) is 23.9 Å². The minimum absolute atomic E-state index is 0.0763. The summed E-state index contributed by atoms with van der Waals surface area (Å²) in [5, 5.41) is 10.2. The van der Waals surface area contributed by atoms with E-state index < -0.39 is 0 Å². The summed E-state index contributed by atoms with van der Waals surface area (Å²) in [5.41, 5.74) is 2.85. The average molecular weight is 442 g/mol. The van der Waals surface area contributed by atoms with E-state index in [0.717, 1.165) is 11.1 Å². The molecule has 0 aliphatic rings. The van der Waals surface area contributed by atoms with Crippen LogP contribution in [0.4, 0.5) is 21.6 Å². The molecule has 7 heteroatoms. The zero-order valence-electron chi connectivity index (χ0n) is 17.9. The number of nitrogens with zero attached hydrogens (tertiary/aromatic N) is 2. The normalized spacial score (nSPS) is 10.6. The largest absolute Gasteiger partial charge is 0.339 e. The summed E-state index contributed by atoms with van der Waals surface area (Å²) in [6.07, 6.45) is 1.04. The number of aryl methyl sites for hydroxylation is 1. The predicted molar refractivity (Wildman–Crippen MR) is 127 cm³/mol. The monoisotopic (exact) mass is 442 g/mol. The maximum Gasteiger partial charge on any atom is 0.267 e. The molecule has 0 spiro atoms. The Hall–Kier alpha value is -4.26. The molecule has 0 aliphatic heterocycles. The van der Waals surface area contributed by atoms with Crippen molar-refractivity contribution < 1.29 is 9.18 Å². The highest BCUT2D eigenvalue weighted by Gasteiger charge is 2.07. The summed E-state index contributed by atoms with van der Waals surface area (Å²) in [6.45, 7) is 0.227. The molecule has 0 atom stereocenters. The predicted octanol–water partition coefficient (Wildman–Crippen LogP) is 4.75. The molecule has 2 N–H and O–H groups in total. The lowest BCUT2D eigenvalue weighted by Crippen LogP contribution is -2.23. The molecule has 1 amide bonds. The fourth-order valence-electron chi connectivity index (χ4n) is 3.39. The van der Waals surface area contributed by atoms with Gasteiger partial charge in [-0.3, -0.25) is 9.59 Å². The Balaban J connectivity index is 1.41. The van der Waals surface area contributed by atoms with Gasteiger partial charge in [0.05, 0.1) is 6.54 Å². The standard InChI is InChI=1S/C26H23FN4O2/c27-21-9-5-11-23(17-21)28-24-13-15-26(33)31(30-24)18-20-8-4-10-22(16-20)29-25(32)14-12-19-6-2-1-3-7-19/h1-11,13,15-17H,12,14,18H2,(H,28,30)(H,29,32). The molecule has 0 bridgehead atoms. The van der Waals surface area contributed by atoms with E-state index in [1.165, 1.54) is 22.9 Å². The number of aromatic nitrogens is 2. The van der Waals surface area contributed by atoms with Crippen molar-refractivity contribution in [2.24, 2.45) is 0 Å². The molecule has 0 saturated heterocycles. The lowest BCUT2D eigenvalue weighted by molar-refractivity contribution is -0.116.